The molecule has 0 bridgehead atoms. The van der Waals surface area contributed by atoms with E-state index in [9.17, 15) is 14.3 Å². The molecule has 338 valence electrons. The van der Waals surface area contributed by atoms with Gasteiger partial charge in [-0.05, 0) is 44.9 Å². The summed E-state index contributed by atoms with van der Waals surface area (Å²) in [6.45, 7) is 5.43. The monoisotopic (exact) mass is 828 g/mol. The van der Waals surface area contributed by atoms with E-state index >= 15 is 0 Å². The van der Waals surface area contributed by atoms with Gasteiger partial charge in [-0.25, -0.2) is 0 Å². The van der Waals surface area contributed by atoms with Gasteiger partial charge in [0.2, 0.25) is 0 Å². The van der Waals surface area contributed by atoms with Crippen LogP contribution in [0.2, 0.25) is 0 Å². The minimum absolute atomic E-state index is 0.0265. The smallest absolute Gasteiger partial charge is 0.306 e. The van der Waals surface area contributed by atoms with E-state index < -0.39 is 13.9 Å². The van der Waals surface area contributed by atoms with E-state index in [1.54, 1.807) is 0 Å². The van der Waals surface area contributed by atoms with Crippen molar-refractivity contribution in [2.45, 2.75) is 225 Å². The summed E-state index contributed by atoms with van der Waals surface area (Å²) in [5, 5.41) is 0. The van der Waals surface area contributed by atoms with Gasteiger partial charge in [0.15, 0.2) is 0 Å². The molecule has 0 aliphatic heterocycles. The quantitative estimate of drug-likeness (QED) is 0.0198. The van der Waals surface area contributed by atoms with Crippen molar-refractivity contribution in [1.82, 2.24) is 0 Å². The van der Waals surface area contributed by atoms with E-state index in [1.165, 1.54) is 154 Å². The van der Waals surface area contributed by atoms with Crippen LogP contribution in [0.15, 0.2) is 24.3 Å². The molecule has 8 nitrogen and oxygen atoms in total. The number of allylic oxidation sites excluding steroid dienone is 4. The fourth-order valence-electron chi connectivity index (χ4n) is 6.75. The summed E-state index contributed by atoms with van der Waals surface area (Å²) >= 11 is 0. The van der Waals surface area contributed by atoms with Gasteiger partial charge in [-0.3, -0.25) is 9.36 Å². The first-order valence-electron chi connectivity index (χ1n) is 24.1. The Morgan fingerprint density at radius 1 is 0.544 bits per heavy atom. The Bertz CT molecular complexity index is 967. The molecule has 0 spiro atoms. The summed E-state index contributed by atoms with van der Waals surface area (Å²) in [7, 11) is 1.36. The molecule has 2 unspecified atom stereocenters. The normalized spacial score (nSPS) is 13.9. The number of rotatable bonds is 45. The SMILES string of the molecule is CCCCCC/C=C\C/C=C\CCCCCCCCCC(=O)OC(COCCCCCCCCCCCCCCCCCCC)COP(=O)([O-])OCC[N+](C)(C)C. The molecule has 0 fully saturated rings. The van der Waals surface area contributed by atoms with Crippen LogP contribution in [0.3, 0.4) is 0 Å². The highest BCUT2D eigenvalue weighted by atomic mass is 31.2. The lowest BCUT2D eigenvalue weighted by molar-refractivity contribution is -0.870. The molecule has 0 saturated carbocycles. The Hall–Kier alpha value is -1.02. The molecule has 0 heterocycles. The third kappa shape index (κ3) is 45.9. The third-order valence-electron chi connectivity index (χ3n) is 10.5. The van der Waals surface area contributed by atoms with E-state index in [-0.39, 0.29) is 25.8 Å². The highest BCUT2D eigenvalue weighted by Crippen LogP contribution is 2.38. The van der Waals surface area contributed by atoms with Crippen LogP contribution in [0.25, 0.3) is 0 Å². The van der Waals surface area contributed by atoms with E-state index in [0.29, 0.717) is 24.1 Å². The number of hydrogen-bond acceptors (Lipinski definition) is 7. The maximum absolute atomic E-state index is 12.7. The fraction of sp³-hybridized carbons (Fsp3) is 0.896. The summed E-state index contributed by atoms with van der Waals surface area (Å²) in [5.41, 5.74) is 0. The summed E-state index contributed by atoms with van der Waals surface area (Å²) in [6.07, 6.45) is 47.6. The van der Waals surface area contributed by atoms with Crippen molar-refractivity contribution >= 4 is 13.8 Å². The molecule has 0 aromatic rings. The highest BCUT2D eigenvalue weighted by molar-refractivity contribution is 7.45. The molecule has 0 aliphatic carbocycles. The van der Waals surface area contributed by atoms with Crippen LogP contribution in [-0.2, 0) is 27.9 Å². The van der Waals surface area contributed by atoms with Gasteiger partial charge in [-0.1, -0.05) is 192 Å². The second kappa shape index (κ2) is 41.7. The molecule has 0 rings (SSSR count). The van der Waals surface area contributed by atoms with Crippen molar-refractivity contribution in [3.63, 3.8) is 0 Å². The van der Waals surface area contributed by atoms with Crippen LogP contribution in [0, 0.1) is 0 Å². The van der Waals surface area contributed by atoms with Crippen LogP contribution in [0.4, 0.5) is 0 Å². The van der Waals surface area contributed by atoms with Gasteiger partial charge in [0.1, 0.15) is 19.3 Å². The molecule has 9 heteroatoms. The van der Waals surface area contributed by atoms with E-state index in [1.807, 2.05) is 21.1 Å². The molecular weight excluding hydrogens is 734 g/mol. The van der Waals surface area contributed by atoms with Gasteiger partial charge >= 0.3 is 5.97 Å². The predicted molar refractivity (Wildman–Crippen MR) is 240 cm³/mol. The van der Waals surface area contributed by atoms with Crippen LogP contribution in [0.5, 0.6) is 0 Å². The lowest BCUT2D eigenvalue weighted by atomic mass is 10.0. The second-order valence-electron chi connectivity index (χ2n) is 17.5. The number of phosphoric ester groups is 1. The van der Waals surface area contributed by atoms with Gasteiger partial charge < -0.3 is 27.9 Å². The van der Waals surface area contributed by atoms with Crippen LogP contribution in [0.1, 0.15) is 219 Å². The zero-order valence-corrected chi connectivity index (χ0v) is 39.2. The number of carbonyl (C=O) groups is 1. The Morgan fingerprint density at radius 2 is 0.965 bits per heavy atom. The molecule has 0 radical (unpaired) electrons. The zero-order valence-electron chi connectivity index (χ0n) is 38.3. The molecule has 0 saturated heterocycles. The third-order valence-corrected chi connectivity index (χ3v) is 11.5. The van der Waals surface area contributed by atoms with Gasteiger partial charge in [-0.15, -0.1) is 0 Å². The Morgan fingerprint density at radius 3 is 1.44 bits per heavy atom. The van der Waals surface area contributed by atoms with Crippen molar-refractivity contribution in [1.29, 1.82) is 0 Å². The standard InChI is InChI=1S/C48H94NO7P/c1-6-8-10-12-14-16-18-20-22-24-25-27-29-31-33-35-37-39-41-48(50)56-47(46-55-57(51,52)54-44-42-49(3,4)5)45-53-43-40-38-36-34-32-30-28-26-23-21-19-17-15-13-11-9-7-2/h16,18,22,24,47H,6-15,17,19-21,23,25-46H2,1-5H3/b18-16-,24-22-. The average molecular weight is 828 g/mol. The first-order chi connectivity index (χ1) is 27.6. The van der Waals surface area contributed by atoms with E-state index in [2.05, 4.69) is 38.2 Å². The minimum atomic E-state index is -4.53. The molecule has 0 amide bonds. The van der Waals surface area contributed by atoms with Crippen LogP contribution in [-0.4, -0.2) is 70.7 Å². The van der Waals surface area contributed by atoms with Crippen molar-refractivity contribution in [3.8, 4) is 0 Å². The summed E-state index contributed by atoms with van der Waals surface area (Å²) < 4.78 is 34.7. The molecular formula is C48H94NO7P. The summed E-state index contributed by atoms with van der Waals surface area (Å²) in [4.78, 5) is 25.1. The topological polar surface area (TPSA) is 94.1 Å². The maximum atomic E-state index is 12.7. The average Bonchev–Trinajstić information content (AvgIpc) is 3.16. The van der Waals surface area contributed by atoms with Crippen LogP contribution < -0.4 is 4.89 Å². The first kappa shape index (κ1) is 56.0. The molecule has 0 aromatic carbocycles. The number of hydrogen-bond donors (Lipinski definition) is 0. The number of ether oxygens (including phenoxy) is 2. The number of unbranched alkanes of at least 4 members (excludes halogenated alkanes) is 27. The Balaban J connectivity index is 4.18. The summed E-state index contributed by atoms with van der Waals surface area (Å²) in [5.74, 6) is -0.338. The van der Waals surface area contributed by atoms with Crippen LogP contribution >= 0.6 is 7.82 Å². The summed E-state index contributed by atoms with van der Waals surface area (Å²) in [6, 6.07) is 0. The number of likely N-dealkylation sites (N-methyl/N-ethyl adjacent to an activating group) is 1. The molecule has 0 aliphatic rings. The van der Waals surface area contributed by atoms with Crippen molar-refractivity contribution < 1.29 is 37.3 Å². The van der Waals surface area contributed by atoms with Gasteiger partial charge in [0, 0.05) is 13.0 Å². The maximum Gasteiger partial charge on any atom is 0.306 e. The molecule has 2 atom stereocenters. The van der Waals surface area contributed by atoms with Gasteiger partial charge in [0.05, 0.1) is 34.4 Å². The molecule has 57 heavy (non-hydrogen) atoms. The minimum Gasteiger partial charge on any atom is -0.756 e. The Kier molecular flexibility index (Phi) is 41.0. The number of esters is 1. The highest BCUT2D eigenvalue weighted by Gasteiger charge is 2.20. The lowest BCUT2D eigenvalue weighted by Crippen LogP contribution is -2.37. The zero-order chi connectivity index (χ0) is 42.0. The Labute approximate surface area is 353 Å². The van der Waals surface area contributed by atoms with Crippen molar-refractivity contribution in [2.75, 3.05) is 54.1 Å². The predicted octanol–water partition coefficient (Wildman–Crippen LogP) is 13.8. The van der Waals surface area contributed by atoms with Crippen molar-refractivity contribution in [3.05, 3.63) is 24.3 Å². The number of quaternary nitrogens is 1. The number of carbonyl (C=O) groups excluding carboxylic acids is 1. The van der Waals surface area contributed by atoms with Gasteiger partial charge in [0.25, 0.3) is 7.82 Å². The number of phosphoric acid groups is 1. The largest absolute Gasteiger partial charge is 0.756 e. The van der Waals surface area contributed by atoms with E-state index in [4.69, 9.17) is 18.5 Å². The fourth-order valence-corrected chi connectivity index (χ4v) is 7.48. The molecule has 0 N–H and O–H groups in total. The first-order valence-corrected chi connectivity index (χ1v) is 25.5. The molecule has 0 aromatic heterocycles. The number of nitrogens with zero attached hydrogens (tertiary/aromatic N) is 1. The van der Waals surface area contributed by atoms with E-state index in [0.717, 1.165) is 44.9 Å². The van der Waals surface area contributed by atoms with Gasteiger partial charge in [-0.2, -0.15) is 0 Å². The second-order valence-corrected chi connectivity index (χ2v) is 18.9. The van der Waals surface area contributed by atoms with Crippen molar-refractivity contribution in [2.24, 2.45) is 0 Å². The lowest BCUT2D eigenvalue weighted by Gasteiger charge is -2.28.